The predicted octanol–water partition coefficient (Wildman–Crippen LogP) is 1.60. The standard InChI is InChI=1S/C13H17NO5S/c1-8(2)7-14(4)20(18,19)12-6-10(13(16)17)11(15)5-9(12)3/h5-6,15H,1,7H2,2-4H3,(H,16,17). The van der Waals surface area contributed by atoms with Gasteiger partial charge in [-0.3, -0.25) is 0 Å². The van der Waals surface area contributed by atoms with E-state index in [0.717, 1.165) is 16.4 Å². The van der Waals surface area contributed by atoms with Crippen LogP contribution in [0.15, 0.2) is 29.2 Å². The Morgan fingerprint density at radius 1 is 1.40 bits per heavy atom. The number of carboxylic acid groups (broad SMARTS) is 1. The van der Waals surface area contributed by atoms with Crippen LogP contribution in [0, 0.1) is 6.92 Å². The van der Waals surface area contributed by atoms with Gasteiger partial charge in [0.25, 0.3) is 0 Å². The van der Waals surface area contributed by atoms with Crippen molar-refractivity contribution in [2.24, 2.45) is 0 Å². The average molecular weight is 299 g/mol. The van der Waals surface area contributed by atoms with E-state index in [1.807, 2.05) is 0 Å². The van der Waals surface area contributed by atoms with Crippen molar-refractivity contribution >= 4 is 16.0 Å². The molecule has 0 fully saturated rings. The van der Waals surface area contributed by atoms with Gasteiger partial charge in [0.2, 0.25) is 10.0 Å². The van der Waals surface area contributed by atoms with Gasteiger partial charge < -0.3 is 10.2 Å². The highest BCUT2D eigenvalue weighted by atomic mass is 32.2. The summed E-state index contributed by atoms with van der Waals surface area (Å²) in [5, 5.41) is 18.5. The molecule has 110 valence electrons. The van der Waals surface area contributed by atoms with Crippen LogP contribution in [0.4, 0.5) is 0 Å². The Labute approximate surface area is 118 Å². The predicted molar refractivity (Wildman–Crippen MR) is 74.4 cm³/mol. The topological polar surface area (TPSA) is 94.9 Å². The normalized spacial score (nSPS) is 11.6. The van der Waals surface area contributed by atoms with Crippen molar-refractivity contribution in [1.29, 1.82) is 0 Å². The minimum absolute atomic E-state index is 0.130. The number of sulfonamides is 1. The van der Waals surface area contributed by atoms with Gasteiger partial charge in [-0.25, -0.2) is 13.2 Å². The smallest absolute Gasteiger partial charge is 0.339 e. The lowest BCUT2D eigenvalue weighted by Gasteiger charge is -2.19. The van der Waals surface area contributed by atoms with Crippen LogP contribution in [-0.2, 0) is 10.0 Å². The lowest BCUT2D eigenvalue weighted by Crippen LogP contribution is -2.29. The molecule has 0 aliphatic carbocycles. The van der Waals surface area contributed by atoms with Crippen LogP contribution in [0.3, 0.4) is 0 Å². The lowest BCUT2D eigenvalue weighted by atomic mass is 10.1. The molecule has 0 aliphatic rings. The Balaban J connectivity index is 3.42. The molecule has 0 aromatic heterocycles. The molecule has 6 nitrogen and oxygen atoms in total. The van der Waals surface area contributed by atoms with Crippen LogP contribution in [0.5, 0.6) is 5.75 Å². The third kappa shape index (κ3) is 3.17. The molecule has 0 amide bonds. The fraction of sp³-hybridized carbons (Fsp3) is 0.308. The number of aromatic carboxylic acids is 1. The fourth-order valence-corrected chi connectivity index (χ4v) is 3.21. The molecule has 0 unspecified atom stereocenters. The molecule has 1 rings (SSSR count). The van der Waals surface area contributed by atoms with Crippen LogP contribution in [0.2, 0.25) is 0 Å². The molecular formula is C13H17NO5S. The van der Waals surface area contributed by atoms with Crippen molar-refractivity contribution in [2.75, 3.05) is 13.6 Å². The maximum Gasteiger partial charge on any atom is 0.339 e. The summed E-state index contributed by atoms with van der Waals surface area (Å²) in [5.41, 5.74) is 0.491. The van der Waals surface area contributed by atoms with Gasteiger partial charge >= 0.3 is 5.97 Å². The van der Waals surface area contributed by atoms with E-state index in [0.29, 0.717) is 5.57 Å². The van der Waals surface area contributed by atoms with Gasteiger partial charge in [-0.15, -0.1) is 0 Å². The Bertz CT molecular complexity index is 664. The number of benzene rings is 1. The second-order valence-electron chi connectivity index (χ2n) is 4.66. The van der Waals surface area contributed by atoms with Gasteiger partial charge in [0, 0.05) is 13.6 Å². The van der Waals surface area contributed by atoms with Crippen LogP contribution in [0.1, 0.15) is 22.8 Å². The third-order valence-electron chi connectivity index (χ3n) is 2.70. The number of aryl methyl sites for hydroxylation is 1. The number of nitrogens with zero attached hydrogens (tertiary/aromatic N) is 1. The van der Waals surface area contributed by atoms with Crippen molar-refractivity contribution in [2.45, 2.75) is 18.7 Å². The quantitative estimate of drug-likeness (QED) is 0.805. The second kappa shape index (κ2) is 5.64. The SMILES string of the molecule is C=C(C)CN(C)S(=O)(=O)c1cc(C(=O)O)c(O)cc1C. The van der Waals surface area contributed by atoms with E-state index in [4.69, 9.17) is 5.11 Å². The van der Waals surface area contributed by atoms with Crippen LogP contribution in [-0.4, -0.2) is 42.5 Å². The highest BCUT2D eigenvalue weighted by molar-refractivity contribution is 7.89. The molecule has 0 saturated carbocycles. The number of aromatic hydroxyl groups is 1. The van der Waals surface area contributed by atoms with Crippen LogP contribution >= 0.6 is 0 Å². The van der Waals surface area contributed by atoms with Crippen molar-refractivity contribution in [3.05, 3.63) is 35.4 Å². The molecule has 0 heterocycles. The third-order valence-corrected chi connectivity index (χ3v) is 4.65. The molecule has 0 atom stereocenters. The molecule has 0 aliphatic heterocycles. The number of phenols is 1. The first-order chi connectivity index (χ1) is 9.07. The lowest BCUT2D eigenvalue weighted by molar-refractivity contribution is 0.0693. The van der Waals surface area contributed by atoms with E-state index in [9.17, 15) is 18.3 Å². The molecule has 2 N–H and O–H groups in total. The van der Waals surface area contributed by atoms with Crippen molar-refractivity contribution in [3.63, 3.8) is 0 Å². The number of rotatable bonds is 5. The molecule has 1 aromatic carbocycles. The number of hydrogen-bond acceptors (Lipinski definition) is 4. The Morgan fingerprint density at radius 3 is 2.40 bits per heavy atom. The average Bonchev–Trinajstić information content (AvgIpc) is 2.26. The zero-order chi connectivity index (χ0) is 15.7. The Hall–Kier alpha value is -1.86. The largest absolute Gasteiger partial charge is 0.507 e. The van der Waals surface area contributed by atoms with Gasteiger partial charge in [-0.05, 0) is 31.5 Å². The van der Waals surface area contributed by atoms with E-state index in [-0.39, 0.29) is 17.0 Å². The first-order valence-electron chi connectivity index (χ1n) is 5.75. The fourth-order valence-electron chi connectivity index (χ4n) is 1.76. The number of likely N-dealkylation sites (N-methyl/N-ethyl adjacent to an activating group) is 1. The summed E-state index contributed by atoms with van der Waals surface area (Å²) in [6, 6.07) is 2.10. The van der Waals surface area contributed by atoms with Gasteiger partial charge in [0.05, 0.1) is 4.90 Å². The first kappa shape index (κ1) is 16.2. The first-order valence-corrected chi connectivity index (χ1v) is 7.19. The van der Waals surface area contributed by atoms with E-state index >= 15 is 0 Å². The van der Waals surface area contributed by atoms with Crippen molar-refractivity contribution < 1.29 is 23.4 Å². The second-order valence-corrected chi connectivity index (χ2v) is 6.67. The Kier molecular flexibility index (Phi) is 4.57. The minimum Gasteiger partial charge on any atom is -0.507 e. The molecule has 0 bridgehead atoms. The molecule has 1 aromatic rings. The van der Waals surface area contributed by atoms with Gasteiger partial charge in [-0.1, -0.05) is 12.2 Å². The molecule has 0 spiro atoms. The van der Waals surface area contributed by atoms with E-state index < -0.39 is 27.3 Å². The molecule has 0 saturated heterocycles. The maximum atomic E-state index is 12.4. The van der Waals surface area contributed by atoms with Gasteiger partial charge in [-0.2, -0.15) is 4.31 Å². The van der Waals surface area contributed by atoms with Crippen molar-refractivity contribution in [3.8, 4) is 5.75 Å². The van der Waals surface area contributed by atoms with E-state index in [2.05, 4.69) is 6.58 Å². The number of carbonyl (C=O) groups is 1. The summed E-state index contributed by atoms with van der Waals surface area (Å²) in [7, 11) is -2.45. The van der Waals surface area contributed by atoms with Crippen LogP contribution in [0.25, 0.3) is 0 Å². The molecule has 20 heavy (non-hydrogen) atoms. The van der Waals surface area contributed by atoms with E-state index in [1.54, 1.807) is 6.92 Å². The maximum absolute atomic E-state index is 12.4. The van der Waals surface area contributed by atoms with E-state index in [1.165, 1.54) is 14.0 Å². The molecular weight excluding hydrogens is 282 g/mol. The summed E-state index contributed by atoms with van der Waals surface area (Å²) >= 11 is 0. The van der Waals surface area contributed by atoms with Crippen molar-refractivity contribution in [1.82, 2.24) is 4.31 Å². The summed E-state index contributed by atoms with van der Waals surface area (Å²) in [5.74, 6) is -1.85. The summed E-state index contributed by atoms with van der Waals surface area (Å²) < 4.78 is 25.9. The Morgan fingerprint density at radius 2 is 1.95 bits per heavy atom. The number of hydrogen-bond donors (Lipinski definition) is 2. The van der Waals surface area contributed by atoms with Gasteiger partial charge in [0.1, 0.15) is 11.3 Å². The summed E-state index contributed by atoms with van der Waals surface area (Å²) in [6.45, 7) is 6.96. The summed E-state index contributed by atoms with van der Waals surface area (Å²) in [6.07, 6.45) is 0. The zero-order valence-electron chi connectivity index (χ0n) is 11.5. The number of carboxylic acids is 1. The molecule has 7 heteroatoms. The monoisotopic (exact) mass is 299 g/mol. The minimum atomic E-state index is -3.84. The highest BCUT2D eigenvalue weighted by Gasteiger charge is 2.25. The van der Waals surface area contributed by atoms with Crippen LogP contribution < -0.4 is 0 Å². The summed E-state index contributed by atoms with van der Waals surface area (Å²) in [4.78, 5) is 10.8. The van der Waals surface area contributed by atoms with Gasteiger partial charge in [0.15, 0.2) is 0 Å². The molecule has 0 radical (unpaired) electrons. The highest BCUT2D eigenvalue weighted by Crippen LogP contribution is 2.27. The zero-order valence-corrected chi connectivity index (χ0v) is 12.4.